The fourth-order valence-corrected chi connectivity index (χ4v) is 4.25. The second-order valence-electron chi connectivity index (χ2n) is 7.36. The zero-order chi connectivity index (χ0) is 17.1. The number of amides is 1. The van der Waals surface area contributed by atoms with Crippen LogP contribution >= 0.6 is 0 Å². The van der Waals surface area contributed by atoms with E-state index in [4.69, 9.17) is 4.84 Å². The summed E-state index contributed by atoms with van der Waals surface area (Å²) in [5, 5.41) is 4.15. The molecule has 0 bridgehead atoms. The van der Waals surface area contributed by atoms with Gasteiger partial charge in [-0.15, -0.1) is 0 Å². The molecule has 2 saturated heterocycles. The first kappa shape index (κ1) is 16.6. The second kappa shape index (κ2) is 7.56. The number of likely N-dealkylation sites (tertiary alicyclic amines) is 2. The first-order valence-corrected chi connectivity index (χ1v) is 9.62. The molecule has 4 rings (SSSR count). The quantitative estimate of drug-likeness (QED) is 0.849. The summed E-state index contributed by atoms with van der Waals surface area (Å²) >= 11 is 0. The van der Waals surface area contributed by atoms with Gasteiger partial charge in [-0.05, 0) is 44.3 Å². The Bertz CT molecular complexity index is 617. The average Bonchev–Trinajstić information content (AvgIpc) is 3.19. The van der Waals surface area contributed by atoms with Crippen LogP contribution in [0.25, 0.3) is 0 Å². The summed E-state index contributed by atoms with van der Waals surface area (Å²) in [6.45, 7) is 4.16. The van der Waals surface area contributed by atoms with E-state index in [1.54, 1.807) is 0 Å². The zero-order valence-corrected chi connectivity index (χ0v) is 14.8. The molecular weight excluding hydrogens is 314 g/mol. The first-order chi connectivity index (χ1) is 12.3. The van der Waals surface area contributed by atoms with Crippen LogP contribution in [0, 0.1) is 0 Å². The lowest BCUT2D eigenvalue weighted by atomic mass is 9.99. The molecule has 5 nitrogen and oxygen atoms in total. The van der Waals surface area contributed by atoms with Crippen LogP contribution in [0.2, 0.25) is 0 Å². The standard InChI is InChI=1S/C20H27N3O2/c24-20(19-15-18(21-25-19)16-7-3-1-4-8-16)23-13-9-17(10-14-23)22-11-5-2-6-12-22/h1,3-4,7-8,17,19H,2,5-6,9-15H2/t19-/m0/s1. The number of rotatable bonds is 3. The van der Waals surface area contributed by atoms with E-state index in [1.807, 2.05) is 35.2 Å². The van der Waals surface area contributed by atoms with Gasteiger partial charge in [0.25, 0.3) is 5.91 Å². The van der Waals surface area contributed by atoms with Crippen LogP contribution in [-0.2, 0) is 9.63 Å². The van der Waals surface area contributed by atoms with E-state index in [2.05, 4.69) is 10.1 Å². The number of nitrogens with zero attached hydrogens (tertiary/aromatic N) is 3. The van der Waals surface area contributed by atoms with E-state index in [-0.39, 0.29) is 5.91 Å². The summed E-state index contributed by atoms with van der Waals surface area (Å²) in [6, 6.07) is 10.6. The molecule has 0 spiro atoms. The number of benzene rings is 1. The first-order valence-electron chi connectivity index (χ1n) is 9.62. The van der Waals surface area contributed by atoms with Crippen LogP contribution in [0.5, 0.6) is 0 Å². The van der Waals surface area contributed by atoms with E-state index in [1.165, 1.54) is 32.4 Å². The molecule has 25 heavy (non-hydrogen) atoms. The number of hydrogen-bond acceptors (Lipinski definition) is 4. The van der Waals surface area contributed by atoms with Gasteiger partial charge in [0.15, 0.2) is 0 Å². The van der Waals surface area contributed by atoms with Crippen molar-refractivity contribution in [1.82, 2.24) is 9.80 Å². The van der Waals surface area contributed by atoms with Gasteiger partial charge >= 0.3 is 0 Å². The van der Waals surface area contributed by atoms with E-state index in [0.717, 1.165) is 37.2 Å². The van der Waals surface area contributed by atoms with Crippen LogP contribution in [0.4, 0.5) is 0 Å². The lowest BCUT2D eigenvalue weighted by Crippen LogP contribution is -2.50. The van der Waals surface area contributed by atoms with Gasteiger partial charge in [0.1, 0.15) is 0 Å². The Morgan fingerprint density at radius 2 is 1.72 bits per heavy atom. The number of piperidine rings is 2. The van der Waals surface area contributed by atoms with Crippen molar-refractivity contribution in [2.24, 2.45) is 5.16 Å². The highest BCUT2D eigenvalue weighted by Crippen LogP contribution is 2.23. The van der Waals surface area contributed by atoms with Gasteiger partial charge in [-0.3, -0.25) is 4.79 Å². The van der Waals surface area contributed by atoms with Gasteiger partial charge in [-0.1, -0.05) is 41.9 Å². The van der Waals surface area contributed by atoms with E-state index in [0.29, 0.717) is 12.5 Å². The summed E-state index contributed by atoms with van der Waals surface area (Å²) < 4.78 is 0. The van der Waals surface area contributed by atoms with E-state index >= 15 is 0 Å². The normalized spacial score (nSPS) is 25.5. The van der Waals surface area contributed by atoms with Crippen molar-refractivity contribution in [3.8, 4) is 0 Å². The number of oxime groups is 1. The molecule has 3 aliphatic rings. The maximum absolute atomic E-state index is 12.8. The minimum absolute atomic E-state index is 0.103. The van der Waals surface area contributed by atoms with Crippen LogP contribution in [-0.4, -0.2) is 59.7 Å². The monoisotopic (exact) mass is 341 g/mol. The Kier molecular flexibility index (Phi) is 5.02. The second-order valence-corrected chi connectivity index (χ2v) is 7.36. The fraction of sp³-hybridized carbons (Fsp3) is 0.600. The summed E-state index contributed by atoms with van der Waals surface area (Å²) in [4.78, 5) is 22.9. The Morgan fingerprint density at radius 1 is 1.00 bits per heavy atom. The van der Waals surface area contributed by atoms with Crippen molar-refractivity contribution in [3.63, 3.8) is 0 Å². The minimum atomic E-state index is -0.443. The molecule has 3 aliphatic heterocycles. The van der Waals surface area contributed by atoms with Crippen molar-refractivity contribution >= 4 is 11.6 Å². The third kappa shape index (κ3) is 3.71. The maximum atomic E-state index is 12.8. The van der Waals surface area contributed by atoms with Crippen LogP contribution < -0.4 is 0 Å². The van der Waals surface area contributed by atoms with Gasteiger partial charge in [-0.2, -0.15) is 0 Å². The summed E-state index contributed by atoms with van der Waals surface area (Å²) in [5.74, 6) is 0.103. The molecule has 1 aromatic rings. The predicted molar refractivity (Wildman–Crippen MR) is 97.5 cm³/mol. The summed E-state index contributed by atoms with van der Waals surface area (Å²) in [7, 11) is 0. The highest BCUT2D eigenvalue weighted by atomic mass is 16.6. The molecular formula is C20H27N3O2. The van der Waals surface area contributed by atoms with E-state index < -0.39 is 6.10 Å². The molecule has 3 heterocycles. The van der Waals surface area contributed by atoms with Gasteiger partial charge in [0.05, 0.1) is 5.71 Å². The Labute approximate surface area is 149 Å². The molecule has 134 valence electrons. The van der Waals surface area contributed by atoms with Crippen molar-refractivity contribution < 1.29 is 9.63 Å². The molecule has 0 N–H and O–H groups in total. The highest BCUT2D eigenvalue weighted by Gasteiger charge is 2.35. The van der Waals surface area contributed by atoms with E-state index in [9.17, 15) is 4.79 Å². The number of carbonyl (C=O) groups excluding carboxylic acids is 1. The molecule has 0 radical (unpaired) electrons. The predicted octanol–water partition coefficient (Wildman–Crippen LogP) is 2.66. The molecule has 0 aliphatic carbocycles. The largest absolute Gasteiger partial charge is 0.382 e. The third-order valence-electron chi connectivity index (χ3n) is 5.73. The Balaban J connectivity index is 1.28. The smallest absolute Gasteiger partial charge is 0.266 e. The molecule has 5 heteroatoms. The highest BCUT2D eigenvalue weighted by molar-refractivity contribution is 6.04. The Morgan fingerprint density at radius 3 is 2.44 bits per heavy atom. The third-order valence-corrected chi connectivity index (χ3v) is 5.73. The topological polar surface area (TPSA) is 45.1 Å². The van der Waals surface area contributed by atoms with Crippen molar-refractivity contribution in [3.05, 3.63) is 35.9 Å². The van der Waals surface area contributed by atoms with Crippen molar-refractivity contribution in [2.75, 3.05) is 26.2 Å². The molecule has 0 saturated carbocycles. The van der Waals surface area contributed by atoms with Crippen LogP contribution in [0.1, 0.15) is 44.1 Å². The fourth-order valence-electron chi connectivity index (χ4n) is 4.25. The number of carbonyl (C=O) groups is 1. The Hall–Kier alpha value is -1.88. The molecule has 1 aromatic carbocycles. The number of hydrogen-bond donors (Lipinski definition) is 0. The molecule has 0 aromatic heterocycles. The van der Waals surface area contributed by atoms with Gasteiger partial charge in [0, 0.05) is 25.6 Å². The SMILES string of the molecule is O=C([C@@H]1CC(c2ccccc2)=NO1)N1CCC(N2CCCCC2)CC1. The lowest BCUT2D eigenvalue weighted by molar-refractivity contribution is -0.143. The summed E-state index contributed by atoms with van der Waals surface area (Å²) in [5.41, 5.74) is 1.92. The van der Waals surface area contributed by atoms with Crippen molar-refractivity contribution in [2.45, 2.75) is 50.7 Å². The molecule has 0 unspecified atom stereocenters. The van der Waals surface area contributed by atoms with Gasteiger partial charge in [-0.25, -0.2) is 0 Å². The summed E-state index contributed by atoms with van der Waals surface area (Å²) in [6.07, 6.45) is 6.34. The molecule has 1 atom stereocenters. The minimum Gasteiger partial charge on any atom is -0.382 e. The van der Waals surface area contributed by atoms with Crippen LogP contribution in [0.3, 0.4) is 0 Å². The maximum Gasteiger partial charge on any atom is 0.266 e. The van der Waals surface area contributed by atoms with Gasteiger partial charge in [0.2, 0.25) is 6.10 Å². The van der Waals surface area contributed by atoms with Gasteiger partial charge < -0.3 is 14.6 Å². The zero-order valence-electron chi connectivity index (χ0n) is 14.8. The molecule has 2 fully saturated rings. The average molecular weight is 341 g/mol. The van der Waals surface area contributed by atoms with Crippen molar-refractivity contribution in [1.29, 1.82) is 0 Å². The molecule has 1 amide bonds. The van der Waals surface area contributed by atoms with Crippen LogP contribution in [0.15, 0.2) is 35.5 Å². The lowest BCUT2D eigenvalue weighted by Gasteiger charge is -2.40.